The number of halogens is 1. The summed E-state index contributed by atoms with van der Waals surface area (Å²) in [6.45, 7) is 1.98. The number of hydrogen-bond acceptors (Lipinski definition) is 6. The van der Waals surface area contributed by atoms with Gasteiger partial charge in [-0.3, -0.25) is 4.79 Å². The van der Waals surface area contributed by atoms with Gasteiger partial charge in [0, 0.05) is 10.6 Å². The molecule has 3 aromatic rings. The van der Waals surface area contributed by atoms with E-state index >= 15 is 0 Å². The Morgan fingerprint density at radius 2 is 1.96 bits per heavy atom. The molecule has 0 spiro atoms. The molecule has 2 aromatic carbocycles. The standard InChI is InChI=1S/C18H15ClN2O3S/c1-11-3-5-12(6-4-11)15(22)10-25-18-21-20-17(24-18)14-9-13(19)7-8-16(14)23-2/h3-9H,10H2,1-2H3. The van der Waals surface area contributed by atoms with E-state index in [1.165, 1.54) is 11.8 Å². The van der Waals surface area contributed by atoms with Crippen LogP contribution in [0.1, 0.15) is 15.9 Å². The molecular weight excluding hydrogens is 360 g/mol. The molecule has 0 aliphatic carbocycles. The summed E-state index contributed by atoms with van der Waals surface area (Å²) < 4.78 is 10.9. The van der Waals surface area contributed by atoms with E-state index in [0.29, 0.717) is 33.0 Å². The van der Waals surface area contributed by atoms with Crippen molar-refractivity contribution < 1.29 is 13.9 Å². The minimum atomic E-state index is 0.00471. The summed E-state index contributed by atoms with van der Waals surface area (Å²) in [5.41, 5.74) is 2.38. The number of carbonyl (C=O) groups excluding carboxylic acids is 1. The van der Waals surface area contributed by atoms with Gasteiger partial charge in [-0.2, -0.15) is 0 Å². The Morgan fingerprint density at radius 3 is 2.68 bits per heavy atom. The van der Waals surface area contributed by atoms with Gasteiger partial charge in [-0.05, 0) is 25.1 Å². The van der Waals surface area contributed by atoms with Crippen molar-refractivity contribution in [3.05, 3.63) is 58.6 Å². The van der Waals surface area contributed by atoms with Crippen molar-refractivity contribution in [2.24, 2.45) is 0 Å². The molecule has 0 saturated carbocycles. The quantitative estimate of drug-likeness (QED) is 0.461. The number of carbonyl (C=O) groups is 1. The van der Waals surface area contributed by atoms with Gasteiger partial charge in [0.2, 0.25) is 0 Å². The molecule has 3 rings (SSSR count). The first-order valence-corrected chi connectivity index (χ1v) is 8.83. The summed E-state index contributed by atoms with van der Waals surface area (Å²) in [6, 6.07) is 12.6. The number of aromatic nitrogens is 2. The van der Waals surface area contributed by atoms with Crippen LogP contribution in [-0.2, 0) is 0 Å². The smallest absolute Gasteiger partial charge is 0.277 e. The van der Waals surface area contributed by atoms with Crippen LogP contribution in [0, 0.1) is 6.92 Å². The second kappa shape index (κ2) is 7.72. The van der Waals surface area contributed by atoms with Crippen LogP contribution >= 0.6 is 23.4 Å². The minimum Gasteiger partial charge on any atom is -0.496 e. The molecule has 0 unspecified atom stereocenters. The Bertz CT molecular complexity index is 894. The van der Waals surface area contributed by atoms with Crippen molar-refractivity contribution in [2.45, 2.75) is 12.1 Å². The molecule has 0 aliphatic rings. The predicted molar refractivity (Wildman–Crippen MR) is 97.5 cm³/mol. The number of Topliss-reactive ketones (excluding diaryl/α,β-unsaturated/α-hetero) is 1. The lowest BCUT2D eigenvalue weighted by molar-refractivity contribution is 0.102. The van der Waals surface area contributed by atoms with Crippen molar-refractivity contribution >= 4 is 29.1 Å². The van der Waals surface area contributed by atoms with Crippen molar-refractivity contribution in [1.29, 1.82) is 0 Å². The van der Waals surface area contributed by atoms with E-state index in [4.69, 9.17) is 20.8 Å². The fraction of sp³-hybridized carbons (Fsp3) is 0.167. The van der Waals surface area contributed by atoms with Gasteiger partial charge in [0.1, 0.15) is 5.75 Å². The normalized spacial score (nSPS) is 10.7. The number of nitrogens with zero attached hydrogens (tertiary/aromatic N) is 2. The number of benzene rings is 2. The predicted octanol–water partition coefficient (Wildman–Crippen LogP) is 4.68. The third-order valence-corrected chi connectivity index (χ3v) is 4.55. The van der Waals surface area contributed by atoms with Crippen LogP contribution in [0.3, 0.4) is 0 Å². The number of hydrogen-bond donors (Lipinski definition) is 0. The fourth-order valence-corrected chi connectivity index (χ4v) is 3.00. The zero-order chi connectivity index (χ0) is 17.8. The monoisotopic (exact) mass is 374 g/mol. The molecule has 0 N–H and O–H groups in total. The topological polar surface area (TPSA) is 65.2 Å². The van der Waals surface area contributed by atoms with Crippen LogP contribution in [-0.4, -0.2) is 28.8 Å². The lowest BCUT2D eigenvalue weighted by Crippen LogP contribution is -2.02. The van der Waals surface area contributed by atoms with E-state index in [9.17, 15) is 4.79 Å². The zero-order valence-corrected chi connectivity index (χ0v) is 15.2. The van der Waals surface area contributed by atoms with Crippen molar-refractivity contribution in [1.82, 2.24) is 10.2 Å². The molecule has 0 saturated heterocycles. The second-order valence-corrected chi connectivity index (χ2v) is 6.66. The number of methoxy groups -OCH3 is 1. The van der Waals surface area contributed by atoms with Crippen LogP contribution in [0.15, 0.2) is 52.1 Å². The van der Waals surface area contributed by atoms with E-state index in [2.05, 4.69) is 10.2 Å². The average molecular weight is 375 g/mol. The Labute approximate surface area is 154 Å². The van der Waals surface area contributed by atoms with Gasteiger partial charge in [0.05, 0.1) is 18.4 Å². The van der Waals surface area contributed by atoms with Crippen molar-refractivity contribution in [3.8, 4) is 17.2 Å². The summed E-state index contributed by atoms with van der Waals surface area (Å²) in [5.74, 6) is 1.10. The highest BCUT2D eigenvalue weighted by Crippen LogP contribution is 2.33. The summed E-state index contributed by atoms with van der Waals surface area (Å²) in [6.07, 6.45) is 0. The van der Waals surface area contributed by atoms with Gasteiger partial charge >= 0.3 is 0 Å². The number of rotatable bonds is 6. The van der Waals surface area contributed by atoms with Gasteiger partial charge in [-0.15, -0.1) is 10.2 Å². The molecule has 7 heteroatoms. The van der Waals surface area contributed by atoms with Crippen LogP contribution in [0.2, 0.25) is 5.02 Å². The first-order chi connectivity index (χ1) is 12.1. The molecule has 0 fully saturated rings. The van der Waals surface area contributed by atoms with E-state index in [0.717, 1.165) is 5.56 Å². The third-order valence-electron chi connectivity index (χ3n) is 3.50. The highest BCUT2D eigenvalue weighted by atomic mass is 35.5. The molecule has 0 amide bonds. The number of thioether (sulfide) groups is 1. The molecule has 0 radical (unpaired) electrons. The summed E-state index contributed by atoms with van der Waals surface area (Å²) in [5, 5.41) is 8.84. The van der Waals surface area contributed by atoms with E-state index in [-0.39, 0.29) is 11.5 Å². The van der Waals surface area contributed by atoms with Crippen molar-refractivity contribution in [3.63, 3.8) is 0 Å². The Balaban J connectivity index is 1.71. The highest BCUT2D eigenvalue weighted by molar-refractivity contribution is 7.99. The van der Waals surface area contributed by atoms with Crippen molar-refractivity contribution in [2.75, 3.05) is 12.9 Å². The first kappa shape index (κ1) is 17.5. The zero-order valence-electron chi connectivity index (χ0n) is 13.7. The highest BCUT2D eigenvalue weighted by Gasteiger charge is 2.16. The summed E-state index contributed by atoms with van der Waals surface area (Å²) >= 11 is 7.21. The van der Waals surface area contributed by atoms with Crippen LogP contribution in [0.25, 0.3) is 11.5 Å². The number of ether oxygens (including phenoxy) is 1. The van der Waals surface area contributed by atoms with Gasteiger partial charge < -0.3 is 9.15 Å². The average Bonchev–Trinajstić information content (AvgIpc) is 3.09. The maximum absolute atomic E-state index is 12.2. The van der Waals surface area contributed by atoms with Gasteiger partial charge in [-0.25, -0.2) is 0 Å². The van der Waals surface area contributed by atoms with Gasteiger partial charge in [0.15, 0.2) is 5.78 Å². The Morgan fingerprint density at radius 1 is 1.20 bits per heavy atom. The Kier molecular flexibility index (Phi) is 5.40. The Hall–Kier alpha value is -2.31. The summed E-state index contributed by atoms with van der Waals surface area (Å²) in [7, 11) is 1.55. The number of aryl methyl sites for hydroxylation is 1. The maximum atomic E-state index is 12.2. The largest absolute Gasteiger partial charge is 0.496 e. The van der Waals surface area contributed by atoms with E-state index in [1.807, 2.05) is 31.2 Å². The van der Waals surface area contributed by atoms with Crippen LogP contribution in [0.4, 0.5) is 0 Å². The van der Waals surface area contributed by atoms with E-state index < -0.39 is 0 Å². The molecule has 0 aliphatic heterocycles. The molecular formula is C18H15ClN2O3S. The molecule has 0 bridgehead atoms. The minimum absolute atomic E-state index is 0.00471. The lowest BCUT2D eigenvalue weighted by Gasteiger charge is -2.04. The lowest BCUT2D eigenvalue weighted by atomic mass is 10.1. The number of ketones is 1. The van der Waals surface area contributed by atoms with E-state index in [1.54, 1.807) is 25.3 Å². The van der Waals surface area contributed by atoms with Gasteiger partial charge in [0.25, 0.3) is 11.1 Å². The van der Waals surface area contributed by atoms with Gasteiger partial charge in [-0.1, -0.05) is 53.2 Å². The fourth-order valence-electron chi connectivity index (χ4n) is 2.17. The maximum Gasteiger partial charge on any atom is 0.277 e. The molecule has 5 nitrogen and oxygen atoms in total. The van der Waals surface area contributed by atoms with Crippen LogP contribution < -0.4 is 4.74 Å². The van der Waals surface area contributed by atoms with Crippen LogP contribution in [0.5, 0.6) is 5.75 Å². The molecule has 128 valence electrons. The second-order valence-electron chi connectivity index (χ2n) is 5.30. The first-order valence-electron chi connectivity index (χ1n) is 7.47. The molecule has 1 aromatic heterocycles. The molecule has 25 heavy (non-hydrogen) atoms. The SMILES string of the molecule is COc1ccc(Cl)cc1-c1nnc(SCC(=O)c2ccc(C)cc2)o1. The summed E-state index contributed by atoms with van der Waals surface area (Å²) in [4.78, 5) is 12.2. The molecule has 0 atom stereocenters. The molecule has 1 heterocycles. The third kappa shape index (κ3) is 4.21.